The molecule has 0 saturated carbocycles. The highest BCUT2D eigenvalue weighted by molar-refractivity contribution is 7.19. The molecule has 6 heteroatoms. The number of carbonyl (C=O) groups excluding carboxylic acids is 1. The van der Waals surface area contributed by atoms with Gasteiger partial charge >= 0.3 is 0 Å². The summed E-state index contributed by atoms with van der Waals surface area (Å²) in [4.78, 5) is 31.5. The average Bonchev–Trinajstić information content (AvgIpc) is 3.07. The summed E-state index contributed by atoms with van der Waals surface area (Å²) in [6.07, 6.45) is 1.56. The molecule has 146 valence electrons. The maximum Gasteiger partial charge on any atom is 0.263 e. The Morgan fingerprint density at radius 2 is 1.93 bits per heavy atom. The van der Waals surface area contributed by atoms with Gasteiger partial charge in [-0.15, -0.1) is 11.3 Å². The van der Waals surface area contributed by atoms with Crippen LogP contribution in [0.3, 0.4) is 0 Å². The second-order valence-corrected chi connectivity index (χ2v) is 8.04. The van der Waals surface area contributed by atoms with E-state index in [4.69, 9.17) is 4.74 Å². The number of hydrogen-bond donors (Lipinski definition) is 0. The van der Waals surface area contributed by atoms with Crippen LogP contribution in [0.2, 0.25) is 0 Å². The van der Waals surface area contributed by atoms with Gasteiger partial charge in [-0.25, -0.2) is 4.98 Å². The number of thiophene rings is 1. The SMILES string of the molecule is COc1ccc(C(C)=O)cc1Cn1cnc2sc(C)c(-c3ccccc3)c2c1=O. The van der Waals surface area contributed by atoms with Crippen LogP contribution in [0.4, 0.5) is 0 Å². The summed E-state index contributed by atoms with van der Waals surface area (Å²) < 4.78 is 7.00. The molecule has 29 heavy (non-hydrogen) atoms. The first-order chi connectivity index (χ1) is 14.0. The Morgan fingerprint density at radius 1 is 1.17 bits per heavy atom. The number of aryl methyl sites for hydroxylation is 1. The zero-order valence-electron chi connectivity index (χ0n) is 16.4. The molecule has 2 aromatic carbocycles. The molecule has 0 aliphatic carbocycles. The number of nitrogens with zero attached hydrogens (tertiary/aromatic N) is 2. The average molecular weight is 404 g/mol. The molecule has 5 nitrogen and oxygen atoms in total. The lowest BCUT2D eigenvalue weighted by Crippen LogP contribution is -2.21. The van der Waals surface area contributed by atoms with Crippen molar-refractivity contribution in [3.05, 3.63) is 81.2 Å². The molecule has 4 aromatic rings. The fourth-order valence-corrected chi connectivity index (χ4v) is 4.51. The molecule has 4 rings (SSSR count). The molecule has 0 atom stereocenters. The summed E-state index contributed by atoms with van der Waals surface area (Å²) in [5, 5.41) is 0.628. The van der Waals surface area contributed by atoms with Gasteiger partial charge in [0, 0.05) is 21.6 Å². The molecule has 0 saturated heterocycles. The number of methoxy groups -OCH3 is 1. The van der Waals surface area contributed by atoms with E-state index in [9.17, 15) is 9.59 Å². The van der Waals surface area contributed by atoms with Crippen molar-refractivity contribution >= 4 is 27.3 Å². The standard InChI is InChI=1S/C23H20N2O3S/c1-14(26)17-9-10-19(28-3)18(11-17)12-25-13-24-22-21(23(25)27)20(15(2)29-22)16-7-5-4-6-8-16/h4-11,13H,12H2,1-3H3. The molecule has 0 fully saturated rings. The number of benzene rings is 2. The van der Waals surface area contributed by atoms with E-state index in [0.29, 0.717) is 16.7 Å². The van der Waals surface area contributed by atoms with E-state index in [2.05, 4.69) is 4.98 Å². The monoisotopic (exact) mass is 404 g/mol. The predicted octanol–water partition coefficient (Wildman–Crippen LogP) is 4.69. The fraction of sp³-hybridized carbons (Fsp3) is 0.174. The molecule has 0 unspecified atom stereocenters. The van der Waals surface area contributed by atoms with Crippen LogP contribution >= 0.6 is 11.3 Å². The molecular weight excluding hydrogens is 384 g/mol. The van der Waals surface area contributed by atoms with E-state index >= 15 is 0 Å². The van der Waals surface area contributed by atoms with E-state index in [1.54, 1.807) is 36.2 Å². The Hall–Kier alpha value is -3.25. The van der Waals surface area contributed by atoms with E-state index in [-0.39, 0.29) is 17.9 Å². The van der Waals surface area contributed by atoms with Crippen LogP contribution in [-0.4, -0.2) is 22.4 Å². The molecule has 2 aromatic heterocycles. The fourth-order valence-electron chi connectivity index (χ4n) is 3.51. The molecule has 0 radical (unpaired) electrons. The minimum atomic E-state index is -0.103. The van der Waals surface area contributed by atoms with Crippen LogP contribution in [-0.2, 0) is 6.54 Å². The summed E-state index contributed by atoms with van der Waals surface area (Å²) in [5.41, 5.74) is 3.18. The van der Waals surface area contributed by atoms with Crippen molar-refractivity contribution in [2.75, 3.05) is 7.11 Å². The van der Waals surface area contributed by atoms with Gasteiger partial charge in [0.2, 0.25) is 0 Å². The molecule has 0 spiro atoms. The third-order valence-corrected chi connectivity index (χ3v) is 5.96. The van der Waals surface area contributed by atoms with Crippen molar-refractivity contribution in [3.63, 3.8) is 0 Å². The van der Waals surface area contributed by atoms with E-state index in [1.807, 2.05) is 37.3 Å². The second-order valence-electron chi connectivity index (χ2n) is 6.84. The van der Waals surface area contributed by atoms with E-state index < -0.39 is 0 Å². The quantitative estimate of drug-likeness (QED) is 0.453. The molecule has 0 aliphatic rings. The first kappa shape index (κ1) is 19.1. The van der Waals surface area contributed by atoms with Crippen molar-refractivity contribution in [1.29, 1.82) is 0 Å². The molecule has 0 N–H and O–H groups in total. The maximum absolute atomic E-state index is 13.4. The summed E-state index contributed by atoms with van der Waals surface area (Å²) in [5.74, 6) is 0.599. The molecule has 0 aliphatic heterocycles. The molecule has 0 amide bonds. The highest BCUT2D eigenvalue weighted by atomic mass is 32.1. The lowest BCUT2D eigenvalue weighted by molar-refractivity contribution is 0.101. The Bertz CT molecular complexity index is 1270. The maximum atomic E-state index is 13.4. The van der Waals surface area contributed by atoms with Crippen molar-refractivity contribution < 1.29 is 9.53 Å². The van der Waals surface area contributed by atoms with Gasteiger partial charge in [0.05, 0.1) is 25.4 Å². The summed E-state index contributed by atoms with van der Waals surface area (Å²) in [6, 6.07) is 15.1. The van der Waals surface area contributed by atoms with Crippen LogP contribution in [0, 0.1) is 6.92 Å². The minimum absolute atomic E-state index is 0.0327. The first-order valence-corrected chi connectivity index (χ1v) is 10.0. The van der Waals surface area contributed by atoms with Gasteiger partial charge in [-0.1, -0.05) is 30.3 Å². The summed E-state index contributed by atoms with van der Waals surface area (Å²) in [6.45, 7) is 3.80. The van der Waals surface area contributed by atoms with Gasteiger partial charge in [-0.3, -0.25) is 14.2 Å². The van der Waals surface area contributed by atoms with Crippen molar-refractivity contribution in [3.8, 4) is 16.9 Å². The predicted molar refractivity (Wildman–Crippen MR) is 116 cm³/mol. The van der Waals surface area contributed by atoms with Crippen LogP contribution in [0.5, 0.6) is 5.75 Å². The van der Waals surface area contributed by atoms with Gasteiger partial charge in [-0.05, 0) is 37.6 Å². The zero-order chi connectivity index (χ0) is 20.5. The van der Waals surface area contributed by atoms with Gasteiger partial charge in [0.15, 0.2) is 5.78 Å². The highest BCUT2D eigenvalue weighted by Crippen LogP contribution is 2.35. The normalized spacial score (nSPS) is 11.0. The topological polar surface area (TPSA) is 61.2 Å². The largest absolute Gasteiger partial charge is 0.496 e. The molecular formula is C23H20N2O3S. The number of Topliss-reactive ketones (excluding diaryl/α,β-unsaturated/α-hetero) is 1. The van der Waals surface area contributed by atoms with Crippen molar-refractivity contribution in [1.82, 2.24) is 9.55 Å². The number of rotatable bonds is 5. The second kappa shape index (κ2) is 7.64. The first-order valence-electron chi connectivity index (χ1n) is 9.21. The Morgan fingerprint density at radius 3 is 2.62 bits per heavy atom. The number of carbonyl (C=O) groups is 1. The van der Waals surface area contributed by atoms with E-state index in [1.165, 1.54) is 18.3 Å². The van der Waals surface area contributed by atoms with Gasteiger partial charge in [0.25, 0.3) is 5.56 Å². The Balaban J connectivity index is 1.87. The lowest BCUT2D eigenvalue weighted by atomic mass is 10.0. The number of aromatic nitrogens is 2. The highest BCUT2D eigenvalue weighted by Gasteiger charge is 2.17. The van der Waals surface area contributed by atoms with Crippen LogP contribution in [0.25, 0.3) is 21.3 Å². The van der Waals surface area contributed by atoms with Gasteiger partial charge < -0.3 is 4.74 Å². The Kier molecular flexibility index (Phi) is 5.03. The summed E-state index contributed by atoms with van der Waals surface area (Å²) in [7, 11) is 1.58. The van der Waals surface area contributed by atoms with Crippen molar-refractivity contribution in [2.45, 2.75) is 20.4 Å². The number of ether oxygens (including phenoxy) is 1. The zero-order valence-corrected chi connectivity index (χ0v) is 17.2. The van der Waals surface area contributed by atoms with Crippen LogP contribution in [0.1, 0.15) is 27.7 Å². The Labute approximate surface area is 172 Å². The number of ketones is 1. The number of hydrogen-bond acceptors (Lipinski definition) is 5. The third-order valence-electron chi connectivity index (χ3n) is 4.94. The van der Waals surface area contributed by atoms with Crippen LogP contribution < -0.4 is 10.3 Å². The lowest BCUT2D eigenvalue weighted by Gasteiger charge is -2.12. The van der Waals surface area contributed by atoms with E-state index in [0.717, 1.165) is 26.4 Å². The van der Waals surface area contributed by atoms with Gasteiger partial charge in [0.1, 0.15) is 10.6 Å². The van der Waals surface area contributed by atoms with Crippen molar-refractivity contribution in [2.24, 2.45) is 0 Å². The minimum Gasteiger partial charge on any atom is -0.496 e. The van der Waals surface area contributed by atoms with Crippen LogP contribution in [0.15, 0.2) is 59.7 Å². The third kappa shape index (κ3) is 3.47. The molecule has 2 heterocycles. The summed E-state index contributed by atoms with van der Waals surface area (Å²) >= 11 is 1.52. The smallest absolute Gasteiger partial charge is 0.263 e. The number of fused-ring (bicyclic) bond motifs is 1. The molecule has 0 bridgehead atoms. The van der Waals surface area contributed by atoms with Gasteiger partial charge in [-0.2, -0.15) is 0 Å².